The number of carbonyl (C=O) groups is 1. The molecule has 0 fully saturated rings. The molecule has 1 aliphatic rings. The number of carbonyl (C=O) groups excluding carboxylic acids is 1. The molecule has 110 valence electrons. The quantitative estimate of drug-likeness (QED) is 0.743. The van der Waals surface area contributed by atoms with Crippen molar-refractivity contribution >= 4 is 11.6 Å². The fraction of sp³-hybridized carbons (Fsp3) is 0.533. The molecule has 0 atom stereocenters. The van der Waals surface area contributed by atoms with Gasteiger partial charge in [-0.05, 0) is 30.9 Å². The van der Waals surface area contributed by atoms with Crippen LogP contribution in [-0.4, -0.2) is 39.3 Å². The zero-order valence-corrected chi connectivity index (χ0v) is 11.9. The molecule has 1 amide bonds. The van der Waals surface area contributed by atoms with Gasteiger partial charge in [-0.1, -0.05) is 12.1 Å². The molecule has 0 aliphatic carbocycles. The number of rotatable bonds is 7. The smallest absolute Gasteiger partial charge is 0.257 e. The zero-order valence-electron chi connectivity index (χ0n) is 11.9. The van der Waals surface area contributed by atoms with E-state index in [9.17, 15) is 4.79 Å². The Kier molecular flexibility index (Phi) is 5.68. The van der Waals surface area contributed by atoms with Crippen molar-refractivity contribution in [2.75, 3.05) is 38.7 Å². The second-order valence-corrected chi connectivity index (χ2v) is 4.81. The van der Waals surface area contributed by atoms with Crippen molar-refractivity contribution in [3.05, 3.63) is 23.8 Å². The molecular weight excluding hydrogens is 256 g/mol. The third-order valence-electron chi connectivity index (χ3n) is 3.24. The van der Waals surface area contributed by atoms with Crippen molar-refractivity contribution in [2.45, 2.75) is 19.3 Å². The van der Waals surface area contributed by atoms with Gasteiger partial charge in [0.2, 0.25) is 0 Å². The minimum absolute atomic E-state index is 0.0467. The van der Waals surface area contributed by atoms with E-state index in [-0.39, 0.29) is 12.5 Å². The van der Waals surface area contributed by atoms with Crippen LogP contribution in [0.2, 0.25) is 0 Å². The maximum atomic E-state index is 11.7. The van der Waals surface area contributed by atoms with Gasteiger partial charge in [0.1, 0.15) is 5.75 Å². The minimum atomic E-state index is -0.102. The molecule has 1 aromatic rings. The highest BCUT2D eigenvalue weighted by molar-refractivity contribution is 5.78. The maximum absolute atomic E-state index is 11.7. The van der Waals surface area contributed by atoms with Crippen molar-refractivity contribution in [3.63, 3.8) is 0 Å². The summed E-state index contributed by atoms with van der Waals surface area (Å²) >= 11 is 0. The molecule has 1 aliphatic heterocycles. The molecule has 2 N–H and O–H groups in total. The summed E-state index contributed by atoms with van der Waals surface area (Å²) in [6.07, 6.45) is 3.00. The first-order valence-electron chi connectivity index (χ1n) is 7.05. The Bertz CT molecular complexity index is 449. The van der Waals surface area contributed by atoms with Crippen molar-refractivity contribution in [3.8, 4) is 5.75 Å². The fourth-order valence-electron chi connectivity index (χ4n) is 2.24. The van der Waals surface area contributed by atoms with Crippen LogP contribution in [0, 0.1) is 0 Å². The van der Waals surface area contributed by atoms with Crippen LogP contribution in [0.5, 0.6) is 5.75 Å². The average molecular weight is 278 g/mol. The Morgan fingerprint density at radius 3 is 3.20 bits per heavy atom. The van der Waals surface area contributed by atoms with E-state index in [4.69, 9.17) is 9.47 Å². The van der Waals surface area contributed by atoms with E-state index in [0.29, 0.717) is 13.2 Å². The van der Waals surface area contributed by atoms with Crippen molar-refractivity contribution in [1.29, 1.82) is 0 Å². The predicted molar refractivity (Wildman–Crippen MR) is 78.3 cm³/mol. The summed E-state index contributed by atoms with van der Waals surface area (Å²) in [5, 5.41) is 6.15. The number of para-hydroxylation sites is 1. The topological polar surface area (TPSA) is 59.6 Å². The molecule has 5 nitrogen and oxygen atoms in total. The van der Waals surface area contributed by atoms with Crippen LogP contribution in [0.1, 0.15) is 18.4 Å². The lowest BCUT2D eigenvalue weighted by Crippen LogP contribution is -2.30. The SMILES string of the molecule is COCCCNC(=O)COc1cccc2c1NCCC2. The van der Waals surface area contributed by atoms with Crippen LogP contribution >= 0.6 is 0 Å². The number of ether oxygens (including phenoxy) is 2. The molecule has 2 rings (SSSR count). The Hall–Kier alpha value is -1.75. The van der Waals surface area contributed by atoms with Gasteiger partial charge < -0.3 is 20.1 Å². The summed E-state index contributed by atoms with van der Waals surface area (Å²) < 4.78 is 10.5. The summed E-state index contributed by atoms with van der Waals surface area (Å²) in [6, 6.07) is 5.96. The third kappa shape index (κ3) is 4.13. The van der Waals surface area contributed by atoms with Gasteiger partial charge in [0.05, 0.1) is 5.69 Å². The highest BCUT2D eigenvalue weighted by atomic mass is 16.5. The standard InChI is InChI=1S/C15H22N2O3/c1-19-10-4-9-16-14(18)11-20-13-7-2-5-12-6-3-8-17-15(12)13/h2,5,7,17H,3-4,6,8-11H2,1H3,(H,16,18). The second-order valence-electron chi connectivity index (χ2n) is 4.81. The van der Waals surface area contributed by atoms with Crippen molar-refractivity contribution in [1.82, 2.24) is 5.32 Å². The highest BCUT2D eigenvalue weighted by Crippen LogP contribution is 2.31. The Labute approximate surface area is 119 Å². The predicted octanol–water partition coefficient (Wildman–Crippen LogP) is 1.58. The van der Waals surface area contributed by atoms with Crippen LogP contribution in [0.15, 0.2) is 18.2 Å². The number of fused-ring (bicyclic) bond motifs is 1. The van der Waals surface area contributed by atoms with Crippen LogP contribution in [0.25, 0.3) is 0 Å². The van der Waals surface area contributed by atoms with Gasteiger partial charge in [-0.2, -0.15) is 0 Å². The number of hydrogen-bond acceptors (Lipinski definition) is 4. The molecule has 0 saturated carbocycles. The number of aryl methyl sites for hydroxylation is 1. The lowest BCUT2D eigenvalue weighted by Gasteiger charge is -2.21. The lowest BCUT2D eigenvalue weighted by atomic mass is 10.0. The van der Waals surface area contributed by atoms with E-state index in [1.165, 1.54) is 5.56 Å². The first-order chi connectivity index (χ1) is 9.81. The zero-order chi connectivity index (χ0) is 14.2. The molecule has 0 bridgehead atoms. The molecule has 1 heterocycles. The highest BCUT2D eigenvalue weighted by Gasteiger charge is 2.13. The van der Waals surface area contributed by atoms with Crippen LogP contribution in [0.4, 0.5) is 5.69 Å². The van der Waals surface area contributed by atoms with Crippen LogP contribution < -0.4 is 15.4 Å². The van der Waals surface area contributed by atoms with E-state index in [2.05, 4.69) is 16.7 Å². The summed E-state index contributed by atoms with van der Waals surface area (Å²) in [4.78, 5) is 11.7. The summed E-state index contributed by atoms with van der Waals surface area (Å²) in [7, 11) is 1.65. The molecular formula is C15H22N2O3. The van der Waals surface area contributed by atoms with E-state index in [0.717, 1.165) is 37.2 Å². The molecule has 20 heavy (non-hydrogen) atoms. The van der Waals surface area contributed by atoms with Gasteiger partial charge in [-0.25, -0.2) is 0 Å². The number of methoxy groups -OCH3 is 1. The number of nitrogens with one attached hydrogen (secondary N) is 2. The first kappa shape index (κ1) is 14.7. The molecule has 0 unspecified atom stereocenters. The van der Waals surface area contributed by atoms with Gasteiger partial charge >= 0.3 is 0 Å². The molecule has 0 saturated heterocycles. The minimum Gasteiger partial charge on any atom is -0.482 e. The van der Waals surface area contributed by atoms with Gasteiger partial charge in [-0.15, -0.1) is 0 Å². The van der Waals surface area contributed by atoms with Gasteiger partial charge in [0.15, 0.2) is 6.61 Å². The van der Waals surface area contributed by atoms with Gasteiger partial charge in [0, 0.05) is 26.8 Å². The normalized spacial score (nSPS) is 13.2. The van der Waals surface area contributed by atoms with E-state index < -0.39 is 0 Å². The molecule has 5 heteroatoms. The van der Waals surface area contributed by atoms with E-state index >= 15 is 0 Å². The Balaban J connectivity index is 1.80. The number of amides is 1. The van der Waals surface area contributed by atoms with Crippen LogP contribution in [-0.2, 0) is 16.0 Å². The van der Waals surface area contributed by atoms with Crippen molar-refractivity contribution in [2.24, 2.45) is 0 Å². The maximum Gasteiger partial charge on any atom is 0.257 e. The molecule has 1 aromatic carbocycles. The van der Waals surface area contributed by atoms with Crippen molar-refractivity contribution < 1.29 is 14.3 Å². The Morgan fingerprint density at radius 2 is 2.35 bits per heavy atom. The largest absolute Gasteiger partial charge is 0.482 e. The van der Waals surface area contributed by atoms with Gasteiger partial charge in [0.25, 0.3) is 5.91 Å². The molecule has 0 spiro atoms. The summed E-state index contributed by atoms with van der Waals surface area (Å²) in [5.41, 5.74) is 2.29. The van der Waals surface area contributed by atoms with E-state index in [1.807, 2.05) is 12.1 Å². The van der Waals surface area contributed by atoms with Crippen LogP contribution in [0.3, 0.4) is 0 Å². The molecule has 0 aromatic heterocycles. The van der Waals surface area contributed by atoms with Gasteiger partial charge in [-0.3, -0.25) is 4.79 Å². The molecule has 0 radical (unpaired) electrons. The third-order valence-corrected chi connectivity index (χ3v) is 3.24. The number of hydrogen-bond donors (Lipinski definition) is 2. The average Bonchev–Trinajstić information content (AvgIpc) is 2.49. The summed E-state index contributed by atoms with van der Waals surface area (Å²) in [6.45, 7) is 2.26. The summed E-state index contributed by atoms with van der Waals surface area (Å²) in [5.74, 6) is 0.656. The second kappa shape index (κ2) is 7.75. The monoisotopic (exact) mass is 278 g/mol. The number of benzene rings is 1. The Morgan fingerprint density at radius 1 is 1.45 bits per heavy atom. The van der Waals surface area contributed by atoms with E-state index in [1.54, 1.807) is 7.11 Å². The number of anilines is 1. The lowest BCUT2D eigenvalue weighted by molar-refractivity contribution is -0.123. The first-order valence-corrected chi connectivity index (χ1v) is 7.05. The fourth-order valence-corrected chi connectivity index (χ4v) is 2.24.